The number of carbonyl (C=O) groups excluding carboxylic acids is 1. The van der Waals surface area contributed by atoms with Crippen LogP contribution in [-0.2, 0) is 17.7 Å². The molecule has 126 valence electrons. The normalized spacial score (nSPS) is 18.6. The summed E-state index contributed by atoms with van der Waals surface area (Å²) in [7, 11) is 0. The maximum atomic E-state index is 13.3. The maximum Gasteiger partial charge on any atom is 0.255 e. The zero-order valence-corrected chi connectivity index (χ0v) is 14.1. The number of rotatable bonds is 2. The molecule has 2 aromatic rings. The molecule has 5 heteroatoms. The van der Waals surface area contributed by atoms with E-state index >= 15 is 0 Å². The van der Waals surface area contributed by atoms with Gasteiger partial charge in [0.1, 0.15) is 0 Å². The molecule has 0 aliphatic carbocycles. The summed E-state index contributed by atoms with van der Waals surface area (Å²) < 4.78 is 5.41. The summed E-state index contributed by atoms with van der Waals surface area (Å²) in [5.41, 5.74) is 4.00. The van der Waals surface area contributed by atoms with Crippen LogP contribution in [-0.4, -0.2) is 60.1 Å². The number of hydrogen-bond donors (Lipinski definition) is 0. The van der Waals surface area contributed by atoms with Crippen molar-refractivity contribution in [1.29, 1.82) is 0 Å². The summed E-state index contributed by atoms with van der Waals surface area (Å²) in [5, 5.41) is 0.977. The first kappa shape index (κ1) is 15.5. The third-order valence-electron chi connectivity index (χ3n) is 5.08. The van der Waals surface area contributed by atoms with E-state index in [-0.39, 0.29) is 5.91 Å². The van der Waals surface area contributed by atoms with Crippen LogP contribution >= 0.6 is 0 Å². The highest BCUT2D eigenvalue weighted by Crippen LogP contribution is 2.29. The smallest absolute Gasteiger partial charge is 0.255 e. The van der Waals surface area contributed by atoms with E-state index in [1.165, 1.54) is 0 Å². The molecule has 1 saturated heterocycles. The van der Waals surface area contributed by atoms with Crippen LogP contribution in [0.3, 0.4) is 0 Å². The van der Waals surface area contributed by atoms with Gasteiger partial charge in [-0.1, -0.05) is 25.1 Å². The fourth-order valence-electron chi connectivity index (χ4n) is 3.68. The van der Waals surface area contributed by atoms with Crippen LogP contribution < -0.4 is 0 Å². The zero-order valence-electron chi connectivity index (χ0n) is 14.1. The lowest BCUT2D eigenvalue weighted by Crippen LogP contribution is -2.42. The Morgan fingerprint density at radius 1 is 1.21 bits per heavy atom. The lowest BCUT2D eigenvalue weighted by Gasteiger charge is -2.32. The molecule has 24 heavy (non-hydrogen) atoms. The molecule has 2 aliphatic heterocycles. The molecule has 0 radical (unpaired) electrons. The first-order valence-corrected chi connectivity index (χ1v) is 8.77. The zero-order chi connectivity index (χ0) is 16.5. The minimum atomic E-state index is 0.131. The monoisotopic (exact) mass is 325 g/mol. The molecule has 0 spiro atoms. The number of benzene rings is 1. The maximum absolute atomic E-state index is 13.3. The molecular weight excluding hydrogens is 302 g/mol. The minimum Gasteiger partial charge on any atom is -0.378 e. The Labute approximate surface area is 142 Å². The number of carbonyl (C=O) groups is 1. The van der Waals surface area contributed by atoms with Crippen LogP contribution in [0.25, 0.3) is 10.9 Å². The SMILES string of the molecule is CCN1CCc2nc3ccccc3c(C(=O)N3CCOCC3)c2C1. The van der Waals surface area contributed by atoms with E-state index in [0.717, 1.165) is 53.8 Å². The van der Waals surface area contributed by atoms with Crippen molar-refractivity contribution < 1.29 is 9.53 Å². The predicted octanol–water partition coefficient (Wildman–Crippen LogP) is 2.09. The molecule has 4 rings (SSSR count). The molecule has 5 nitrogen and oxygen atoms in total. The third kappa shape index (κ3) is 2.68. The van der Waals surface area contributed by atoms with Gasteiger partial charge in [-0.15, -0.1) is 0 Å². The topological polar surface area (TPSA) is 45.7 Å². The average Bonchev–Trinajstić information content (AvgIpc) is 2.65. The number of para-hydroxylation sites is 1. The van der Waals surface area contributed by atoms with Gasteiger partial charge in [-0.3, -0.25) is 14.7 Å². The number of hydrogen-bond acceptors (Lipinski definition) is 4. The van der Waals surface area contributed by atoms with Crippen molar-refractivity contribution in [2.24, 2.45) is 0 Å². The number of likely N-dealkylation sites (N-methyl/N-ethyl adjacent to an activating group) is 1. The number of aromatic nitrogens is 1. The Kier molecular flexibility index (Phi) is 4.21. The first-order valence-electron chi connectivity index (χ1n) is 8.77. The van der Waals surface area contributed by atoms with Gasteiger partial charge in [-0.2, -0.15) is 0 Å². The second kappa shape index (κ2) is 6.49. The van der Waals surface area contributed by atoms with Gasteiger partial charge in [0.2, 0.25) is 0 Å². The summed E-state index contributed by atoms with van der Waals surface area (Å²) in [6.07, 6.45) is 0.914. The number of ether oxygens (including phenoxy) is 1. The van der Waals surface area contributed by atoms with Crippen LogP contribution in [0, 0.1) is 0 Å². The molecule has 3 heterocycles. The first-order chi connectivity index (χ1) is 11.8. The Bertz CT molecular complexity index is 769. The van der Waals surface area contributed by atoms with E-state index in [0.29, 0.717) is 26.3 Å². The lowest BCUT2D eigenvalue weighted by atomic mass is 9.94. The van der Waals surface area contributed by atoms with E-state index in [4.69, 9.17) is 9.72 Å². The van der Waals surface area contributed by atoms with Gasteiger partial charge < -0.3 is 9.64 Å². The van der Waals surface area contributed by atoms with Crippen molar-refractivity contribution in [3.63, 3.8) is 0 Å². The van der Waals surface area contributed by atoms with Gasteiger partial charge in [-0.05, 0) is 12.6 Å². The number of amides is 1. The van der Waals surface area contributed by atoms with Crippen LogP contribution in [0.2, 0.25) is 0 Å². The number of nitrogens with zero attached hydrogens (tertiary/aromatic N) is 3. The van der Waals surface area contributed by atoms with E-state index in [1.807, 2.05) is 29.2 Å². The molecule has 2 aliphatic rings. The molecule has 1 aromatic carbocycles. The second-order valence-electron chi connectivity index (χ2n) is 6.45. The van der Waals surface area contributed by atoms with Gasteiger partial charge in [0.05, 0.1) is 24.3 Å². The summed E-state index contributed by atoms with van der Waals surface area (Å²) >= 11 is 0. The van der Waals surface area contributed by atoms with Crippen molar-refractivity contribution in [2.75, 3.05) is 39.4 Å². The van der Waals surface area contributed by atoms with Gasteiger partial charge in [0.25, 0.3) is 5.91 Å². The van der Waals surface area contributed by atoms with Gasteiger partial charge in [0.15, 0.2) is 0 Å². The van der Waals surface area contributed by atoms with Crippen molar-refractivity contribution >= 4 is 16.8 Å². The van der Waals surface area contributed by atoms with Crippen LogP contribution in [0.4, 0.5) is 0 Å². The molecule has 0 atom stereocenters. The molecule has 1 aromatic heterocycles. The average molecular weight is 325 g/mol. The van der Waals surface area contributed by atoms with Crippen LogP contribution in [0.15, 0.2) is 24.3 Å². The van der Waals surface area contributed by atoms with Gasteiger partial charge in [0, 0.05) is 49.2 Å². The van der Waals surface area contributed by atoms with Gasteiger partial charge in [-0.25, -0.2) is 0 Å². The number of pyridine rings is 1. The molecule has 0 bridgehead atoms. The van der Waals surface area contributed by atoms with Crippen molar-refractivity contribution in [3.8, 4) is 0 Å². The summed E-state index contributed by atoms with van der Waals surface area (Å²) in [6.45, 7) is 7.58. The van der Waals surface area contributed by atoms with Crippen LogP contribution in [0.5, 0.6) is 0 Å². The quantitative estimate of drug-likeness (QED) is 0.848. The fraction of sp³-hybridized carbons (Fsp3) is 0.474. The number of fused-ring (bicyclic) bond motifs is 2. The Morgan fingerprint density at radius 2 is 2.00 bits per heavy atom. The molecule has 0 N–H and O–H groups in total. The largest absolute Gasteiger partial charge is 0.378 e. The standard InChI is InChI=1S/C19H23N3O2/c1-2-21-8-7-17-15(13-21)18(14-5-3-4-6-16(14)20-17)19(23)22-9-11-24-12-10-22/h3-6H,2,7-13H2,1H3. The molecular formula is C19H23N3O2. The van der Waals surface area contributed by atoms with E-state index < -0.39 is 0 Å². The minimum absolute atomic E-state index is 0.131. The van der Waals surface area contributed by atoms with Crippen molar-refractivity contribution in [1.82, 2.24) is 14.8 Å². The van der Waals surface area contributed by atoms with E-state index in [9.17, 15) is 4.79 Å². The summed E-state index contributed by atoms with van der Waals surface area (Å²) in [6, 6.07) is 8.03. The highest BCUT2D eigenvalue weighted by atomic mass is 16.5. The Hall–Kier alpha value is -1.98. The van der Waals surface area contributed by atoms with E-state index in [2.05, 4.69) is 11.8 Å². The van der Waals surface area contributed by atoms with E-state index in [1.54, 1.807) is 0 Å². The molecule has 0 unspecified atom stereocenters. The Morgan fingerprint density at radius 3 is 2.79 bits per heavy atom. The molecule has 1 amide bonds. The molecule has 0 saturated carbocycles. The number of morpholine rings is 1. The highest BCUT2D eigenvalue weighted by Gasteiger charge is 2.28. The van der Waals surface area contributed by atoms with Crippen molar-refractivity contribution in [3.05, 3.63) is 41.1 Å². The third-order valence-corrected chi connectivity index (χ3v) is 5.08. The second-order valence-corrected chi connectivity index (χ2v) is 6.45. The van der Waals surface area contributed by atoms with Crippen molar-refractivity contribution in [2.45, 2.75) is 19.9 Å². The summed E-state index contributed by atoms with van der Waals surface area (Å²) in [4.78, 5) is 22.5. The fourth-order valence-corrected chi connectivity index (χ4v) is 3.68. The summed E-state index contributed by atoms with van der Waals surface area (Å²) in [5.74, 6) is 0.131. The van der Waals surface area contributed by atoms with Gasteiger partial charge >= 0.3 is 0 Å². The predicted molar refractivity (Wildman–Crippen MR) is 93.1 cm³/mol. The van der Waals surface area contributed by atoms with Crippen LogP contribution in [0.1, 0.15) is 28.5 Å². The molecule has 1 fully saturated rings. The Balaban J connectivity index is 1.86. The highest BCUT2D eigenvalue weighted by molar-refractivity contribution is 6.07. The lowest BCUT2D eigenvalue weighted by molar-refractivity contribution is 0.0302.